The van der Waals surface area contributed by atoms with Crippen LogP contribution in [0.4, 0.5) is 0 Å². The number of nitrogens with zero attached hydrogens (tertiary/aromatic N) is 1. The van der Waals surface area contributed by atoms with Gasteiger partial charge in [-0.05, 0) is 57.7 Å². The van der Waals surface area contributed by atoms with Crippen LogP contribution in [0.2, 0.25) is 0 Å². The summed E-state index contributed by atoms with van der Waals surface area (Å²) in [6, 6.07) is 0.718. The molecule has 2 atom stereocenters. The van der Waals surface area contributed by atoms with E-state index < -0.39 is 0 Å². The molecule has 0 aliphatic heterocycles. The second-order valence-electron chi connectivity index (χ2n) is 5.45. The fraction of sp³-hybridized carbons (Fsp3) is 1.00. The summed E-state index contributed by atoms with van der Waals surface area (Å²) < 4.78 is 0. The van der Waals surface area contributed by atoms with Gasteiger partial charge in [-0.25, -0.2) is 0 Å². The molecule has 2 nitrogen and oxygen atoms in total. The first-order valence-electron chi connectivity index (χ1n) is 7.13. The van der Waals surface area contributed by atoms with Crippen LogP contribution in [0.3, 0.4) is 0 Å². The van der Waals surface area contributed by atoms with Crippen molar-refractivity contribution in [3.8, 4) is 0 Å². The van der Waals surface area contributed by atoms with E-state index in [4.69, 9.17) is 0 Å². The van der Waals surface area contributed by atoms with Crippen molar-refractivity contribution in [1.82, 2.24) is 10.2 Å². The molecule has 2 unspecified atom stereocenters. The molecule has 0 bridgehead atoms. The zero-order valence-corrected chi connectivity index (χ0v) is 11.6. The van der Waals surface area contributed by atoms with Gasteiger partial charge in [-0.2, -0.15) is 0 Å². The van der Waals surface area contributed by atoms with Crippen molar-refractivity contribution in [3.05, 3.63) is 0 Å². The van der Waals surface area contributed by atoms with Gasteiger partial charge in [0, 0.05) is 12.6 Å². The lowest BCUT2D eigenvalue weighted by atomic mass is 10.0. The highest BCUT2D eigenvalue weighted by molar-refractivity contribution is 4.81. The van der Waals surface area contributed by atoms with E-state index in [0.717, 1.165) is 31.0 Å². The molecular formula is C14H30N2. The molecule has 1 aliphatic rings. The molecule has 0 aromatic carbocycles. The van der Waals surface area contributed by atoms with Crippen LogP contribution < -0.4 is 5.32 Å². The van der Waals surface area contributed by atoms with Crippen LogP contribution >= 0.6 is 0 Å². The first kappa shape index (κ1) is 14.0. The molecule has 0 heterocycles. The molecule has 0 spiro atoms. The molecule has 0 saturated heterocycles. The monoisotopic (exact) mass is 226 g/mol. The Balaban J connectivity index is 2.24. The van der Waals surface area contributed by atoms with Gasteiger partial charge in [-0.3, -0.25) is 0 Å². The number of hydrogen-bond acceptors (Lipinski definition) is 2. The third kappa shape index (κ3) is 4.84. The molecule has 0 amide bonds. The van der Waals surface area contributed by atoms with Gasteiger partial charge in [0.15, 0.2) is 0 Å². The van der Waals surface area contributed by atoms with Gasteiger partial charge in [-0.1, -0.05) is 20.8 Å². The van der Waals surface area contributed by atoms with Crippen LogP contribution in [0.15, 0.2) is 0 Å². The summed E-state index contributed by atoms with van der Waals surface area (Å²) in [6.45, 7) is 14.2. The third-order valence-corrected chi connectivity index (χ3v) is 3.89. The zero-order chi connectivity index (χ0) is 12.0. The summed E-state index contributed by atoms with van der Waals surface area (Å²) in [6.07, 6.45) is 4.16. The van der Waals surface area contributed by atoms with Crippen molar-refractivity contribution in [2.24, 2.45) is 11.8 Å². The average Bonchev–Trinajstić information content (AvgIpc) is 3.09. The van der Waals surface area contributed by atoms with Crippen LogP contribution in [0, 0.1) is 11.8 Å². The molecule has 0 aromatic heterocycles. The Bertz CT molecular complexity index is 178. The minimum atomic E-state index is 0.718. The van der Waals surface area contributed by atoms with Gasteiger partial charge in [0.25, 0.3) is 0 Å². The van der Waals surface area contributed by atoms with Gasteiger partial charge in [-0.15, -0.1) is 0 Å². The predicted octanol–water partition coefficient (Wildman–Crippen LogP) is 2.74. The van der Waals surface area contributed by atoms with E-state index in [1.165, 1.54) is 32.4 Å². The maximum atomic E-state index is 3.54. The Morgan fingerprint density at radius 2 is 1.94 bits per heavy atom. The first-order valence-corrected chi connectivity index (χ1v) is 7.13. The van der Waals surface area contributed by atoms with Crippen molar-refractivity contribution in [1.29, 1.82) is 0 Å². The van der Waals surface area contributed by atoms with Gasteiger partial charge < -0.3 is 10.2 Å². The molecule has 96 valence electrons. The quantitative estimate of drug-likeness (QED) is 0.608. The second kappa shape index (κ2) is 7.29. The summed E-state index contributed by atoms with van der Waals surface area (Å²) in [7, 11) is 0. The molecule has 1 fully saturated rings. The molecular weight excluding hydrogens is 196 g/mol. The number of rotatable bonds is 9. The lowest BCUT2D eigenvalue weighted by Crippen LogP contribution is -2.42. The summed E-state index contributed by atoms with van der Waals surface area (Å²) in [4.78, 5) is 2.66. The van der Waals surface area contributed by atoms with Crippen LogP contribution in [0.1, 0.15) is 47.0 Å². The predicted molar refractivity (Wildman–Crippen MR) is 71.8 cm³/mol. The van der Waals surface area contributed by atoms with E-state index in [0.29, 0.717) is 0 Å². The standard InChI is InChI=1S/C14H30N2/c1-5-9-15-10-12(3)13(4)16(6-2)11-14-7-8-14/h12-15H,5-11H2,1-4H3. The third-order valence-electron chi connectivity index (χ3n) is 3.89. The molecule has 0 radical (unpaired) electrons. The highest BCUT2D eigenvalue weighted by atomic mass is 15.2. The SMILES string of the molecule is CCCNCC(C)C(C)N(CC)CC1CC1. The van der Waals surface area contributed by atoms with Crippen LogP contribution in [0.5, 0.6) is 0 Å². The van der Waals surface area contributed by atoms with Gasteiger partial charge >= 0.3 is 0 Å². The Labute approximate surface area is 102 Å². The van der Waals surface area contributed by atoms with Gasteiger partial charge in [0.2, 0.25) is 0 Å². The minimum Gasteiger partial charge on any atom is -0.316 e. The van der Waals surface area contributed by atoms with Crippen molar-refractivity contribution in [2.45, 2.75) is 53.0 Å². The van der Waals surface area contributed by atoms with E-state index in [-0.39, 0.29) is 0 Å². The lowest BCUT2D eigenvalue weighted by Gasteiger charge is -2.32. The van der Waals surface area contributed by atoms with Crippen molar-refractivity contribution in [2.75, 3.05) is 26.2 Å². The second-order valence-corrected chi connectivity index (χ2v) is 5.45. The Morgan fingerprint density at radius 1 is 1.25 bits per heavy atom. The summed E-state index contributed by atoms with van der Waals surface area (Å²) in [5, 5.41) is 3.54. The fourth-order valence-corrected chi connectivity index (χ4v) is 2.25. The normalized spacial score (nSPS) is 20.1. The Hall–Kier alpha value is -0.0800. The molecule has 1 rings (SSSR count). The molecule has 2 heteroatoms. The number of hydrogen-bond donors (Lipinski definition) is 1. The average molecular weight is 226 g/mol. The van der Waals surface area contributed by atoms with E-state index in [1.807, 2.05) is 0 Å². The van der Waals surface area contributed by atoms with E-state index in [2.05, 4.69) is 37.9 Å². The van der Waals surface area contributed by atoms with E-state index in [9.17, 15) is 0 Å². The van der Waals surface area contributed by atoms with Gasteiger partial charge in [0.05, 0.1) is 0 Å². The smallest absolute Gasteiger partial charge is 0.0105 e. The topological polar surface area (TPSA) is 15.3 Å². The van der Waals surface area contributed by atoms with Crippen molar-refractivity contribution >= 4 is 0 Å². The molecule has 1 aliphatic carbocycles. The van der Waals surface area contributed by atoms with E-state index >= 15 is 0 Å². The van der Waals surface area contributed by atoms with Crippen molar-refractivity contribution in [3.63, 3.8) is 0 Å². The molecule has 0 aromatic rings. The Kier molecular flexibility index (Phi) is 6.37. The zero-order valence-electron chi connectivity index (χ0n) is 11.6. The molecule has 16 heavy (non-hydrogen) atoms. The number of nitrogens with one attached hydrogen (secondary N) is 1. The largest absolute Gasteiger partial charge is 0.316 e. The molecule has 1 saturated carbocycles. The van der Waals surface area contributed by atoms with Crippen LogP contribution in [0.25, 0.3) is 0 Å². The maximum absolute atomic E-state index is 3.54. The van der Waals surface area contributed by atoms with Crippen LogP contribution in [-0.2, 0) is 0 Å². The van der Waals surface area contributed by atoms with Crippen LogP contribution in [-0.4, -0.2) is 37.1 Å². The van der Waals surface area contributed by atoms with Crippen molar-refractivity contribution < 1.29 is 0 Å². The summed E-state index contributed by atoms with van der Waals surface area (Å²) in [5.41, 5.74) is 0. The fourth-order valence-electron chi connectivity index (χ4n) is 2.25. The lowest BCUT2D eigenvalue weighted by molar-refractivity contribution is 0.161. The first-order chi connectivity index (χ1) is 7.69. The Morgan fingerprint density at radius 3 is 2.44 bits per heavy atom. The molecule has 1 N–H and O–H groups in total. The maximum Gasteiger partial charge on any atom is 0.0105 e. The minimum absolute atomic E-state index is 0.718. The highest BCUT2D eigenvalue weighted by Gasteiger charge is 2.27. The van der Waals surface area contributed by atoms with E-state index in [1.54, 1.807) is 0 Å². The van der Waals surface area contributed by atoms with Gasteiger partial charge in [0.1, 0.15) is 0 Å². The summed E-state index contributed by atoms with van der Waals surface area (Å²) >= 11 is 0. The highest BCUT2D eigenvalue weighted by Crippen LogP contribution is 2.30. The summed E-state index contributed by atoms with van der Waals surface area (Å²) in [5.74, 6) is 1.77.